The smallest absolute Gasteiger partial charge is 0.120 e. The van der Waals surface area contributed by atoms with Gasteiger partial charge in [0.25, 0.3) is 0 Å². The maximum absolute atomic E-state index is 5.69. The lowest BCUT2D eigenvalue weighted by Gasteiger charge is -2.11. The molecule has 0 aliphatic rings. The molecule has 2 rings (SSSR count). The molecule has 0 bridgehead atoms. The molecule has 0 radical (unpaired) electrons. The van der Waals surface area contributed by atoms with Gasteiger partial charge >= 0.3 is 0 Å². The molecule has 0 spiro atoms. The fourth-order valence-corrected chi connectivity index (χ4v) is 1.79. The van der Waals surface area contributed by atoms with Gasteiger partial charge in [-0.2, -0.15) is 0 Å². The van der Waals surface area contributed by atoms with Crippen molar-refractivity contribution in [1.82, 2.24) is 4.98 Å². The van der Waals surface area contributed by atoms with Crippen molar-refractivity contribution in [3.63, 3.8) is 0 Å². The molecule has 2 heteroatoms. The average molecular weight is 229 g/mol. The Bertz CT molecular complexity index is 517. The Balaban J connectivity index is 2.43. The first-order valence-electron chi connectivity index (χ1n) is 6.12. The van der Waals surface area contributed by atoms with Gasteiger partial charge in [0.1, 0.15) is 5.75 Å². The molecule has 17 heavy (non-hydrogen) atoms. The number of hydrogen-bond donors (Lipinski definition) is 0. The standard InChI is InChI=1S/C15H19NO/c1-10(2)13-7-12-8-14(17-11(3)4)5-6-15(12)16-9-13/h5-11H,1-4H3. The molecule has 0 unspecified atom stereocenters. The van der Waals surface area contributed by atoms with Crippen LogP contribution in [0.5, 0.6) is 5.75 Å². The monoisotopic (exact) mass is 229 g/mol. The molecule has 1 heterocycles. The van der Waals surface area contributed by atoms with Crippen molar-refractivity contribution in [2.24, 2.45) is 0 Å². The lowest BCUT2D eigenvalue weighted by atomic mass is 10.0. The Hall–Kier alpha value is -1.57. The number of fused-ring (bicyclic) bond motifs is 1. The van der Waals surface area contributed by atoms with Crippen LogP contribution in [0.25, 0.3) is 10.9 Å². The van der Waals surface area contributed by atoms with Gasteiger partial charge in [0.05, 0.1) is 11.6 Å². The Morgan fingerprint density at radius 2 is 1.82 bits per heavy atom. The van der Waals surface area contributed by atoms with Crippen molar-refractivity contribution >= 4 is 10.9 Å². The van der Waals surface area contributed by atoms with E-state index in [0.717, 1.165) is 16.7 Å². The van der Waals surface area contributed by atoms with Crippen LogP contribution >= 0.6 is 0 Å². The normalized spacial score (nSPS) is 11.4. The largest absolute Gasteiger partial charge is 0.491 e. The third-order valence-corrected chi connectivity index (χ3v) is 2.71. The van der Waals surface area contributed by atoms with Crippen LogP contribution in [0.4, 0.5) is 0 Å². The highest BCUT2D eigenvalue weighted by atomic mass is 16.5. The minimum Gasteiger partial charge on any atom is -0.491 e. The van der Waals surface area contributed by atoms with Crippen LogP contribution in [0.15, 0.2) is 30.5 Å². The van der Waals surface area contributed by atoms with E-state index in [9.17, 15) is 0 Å². The van der Waals surface area contributed by atoms with E-state index >= 15 is 0 Å². The summed E-state index contributed by atoms with van der Waals surface area (Å²) in [6, 6.07) is 8.25. The molecule has 90 valence electrons. The summed E-state index contributed by atoms with van der Waals surface area (Å²) in [6.45, 7) is 8.43. The Morgan fingerprint density at radius 3 is 2.47 bits per heavy atom. The van der Waals surface area contributed by atoms with E-state index in [1.807, 2.05) is 32.2 Å². The van der Waals surface area contributed by atoms with Crippen LogP contribution in [0.1, 0.15) is 39.2 Å². The predicted molar refractivity (Wildman–Crippen MR) is 71.6 cm³/mol. The van der Waals surface area contributed by atoms with E-state index in [2.05, 4.69) is 31.0 Å². The van der Waals surface area contributed by atoms with Gasteiger partial charge in [-0.15, -0.1) is 0 Å². The zero-order chi connectivity index (χ0) is 12.4. The van der Waals surface area contributed by atoms with Crippen LogP contribution < -0.4 is 4.74 Å². The number of benzene rings is 1. The third kappa shape index (κ3) is 2.76. The second kappa shape index (κ2) is 4.74. The molecule has 1 aromatic carbocycles. The number of nitrogens with zero attached hydrogens (tertiary/aromatic N) is 1. The zero-order valence-corrected chi connectivity index (χ0v) is 10.9. The van der Waals surface area contributed by atoms with Gasteiger partial charge in [-0.3, -0.25) is 4.98 Å². The first-order valence-corrected chi connectivity index (χ1v) is 6.12. The van der Waals surface area contributed by atoms with Crippen LogP contribution in [0.3, 0.4) is 0 Å². The summed E-state index contributed by atoms with van der Waals surface area (Å²) in [7, 11) is 0. The highest BCUT2D eigenvalue weighted by Crippen LogP contribution is 2.23. The highest BCUT2D eigenvalue weighted by Gasteiger charge is 2.04. The van der Waals surface area contributed by atoms with E-state index in [1.165, 1.54) is 5.56 Å². The van der Waals surface area contributed by atoms with Crippen LogP contribution in [0.2, 0.25) is 0 Å². The number of hydrogen-bond acceptors (Lipinski definition) is 2. The minimum atomic E-state index is 0.202. The molecule has 0 aliphatic carbocycles. The molecule has 2 nitrogen and oxygen atoms in total. The van der Waals surface area contributed by atoms with Crippen molar-refractivity contribution in [1.29, 1.82) is 0 Å². The van der Waals surface area contributed by atoms with Gasteiger partial charge in [0.15, 0.2) is 0 Å². The van der Waals surface area contributed by atoms with Gasteiger partial charge < -0.3 is 4.74 Å². The lowest BCUT2D eigenvalue weighted by molar-refractivity contribution is 0.243. The second-order valence-electron chi connectivity index (χ2n) is 4.94. The van der Waals surface area contributed by atoms with E-state index in [-0.39, 0.29) is 6.10 Å². The first-order chi connectivity index (χ1) is 8.06. The maximum atomic E-state index is 5.69. The van der Waals surface area contributed by atoms with E-state index in [1.54, 1.807) is 0 Å². The second-order valence-corrected chi connectivity index (χ2v) is 4.94. The van der Waals surface area contributed by atoms with Crippen LogP contribution in [-0.2, 0) is 0 Å². The molecule has 2 aromatic rings. The zero-order valence-electron chi connectivity index (χ0n) is 10.9. The highest BCUT2D eigenvalue weighted by molar-refractivity contribution is 5.80. The molecule has 1 aromatic heterocycles. The van der Waals surface area contributed by atoms with Gasteiger partial charge in [0.2, 0.25) is 0 Å². The summed E-state index contributed by atoms with van der Waals surface area (Å²) in [4.78, 5) is 4.47. The molecular weight excluding hydrogens is 210 g/mol. The third-order valence-electron chi connectivity index (χ3n) is 2.71. The number of aromatic nitrogens is 1. The molecule has 0 atom stereocenters. The lowest BCUT2D eigenvalue weighted by Crippen LogP contribution is -2.05. The SMILES string of the molecule is CC(C)Oc1ccc2ncc(C(C)C)cc2c1. The number of pyridine rings is 1. The quantitative estimate of drug-likeness (QED) is 0.789. The first kappa shape index (κ1) is 11.9. The van der Waals surface area contributed by atoms with Gasteiger partial charge in [-0.25, -0.2) is 0 Å². The van der Waals surface area contributed by atoms with Gasteiger partial charge in [0, 0.05) is 11.6 Å². The molecule has 0 aliphatic heterocycles. The van der Waals surface area contributed by atoms with Crippen LogP contribution in [0, 0.1) is 0 Å². The minimum absolute atomic E-state index is 0.202. The molecule has 0 saturated heterocycles. The van der Waals surface area contributed by atoms with Crippen molar-refractivity contribution in [2.45, 2.75) is 39.7 Å². The fraction of sp³-hybridized carbons (Fsp3) is 0.400. The summed E-state index contributed by atoms with van der Waals surface area (Å²) < 4.78 is 5.69. The number of rotatable bonds is 3. The average Bonchev–Trinajstić information content (AvgIpc) is 2.27. The maximum Gasteiger partial charge on any atom is 0.120 e. The van der Waals surface area contributed by atoms with Crippen LogP contribution in [-0.4, -0.2) is 11.1 Å². The summed E-state index contributed by atoms with van der Waals surface area (Å²) >= 11 is 0. The van der Waals surface area contributed by atoms with E-state index in [0.29, 0.717) is 5.92 Å². The molecule has 0 amide bonds. The summed E-state index contributed by atoms with van der Waals surface area (Å²) in [5, 5.41) is 1.15. The molecule has 0 N–H and O–H groups in total. The van der Waals surface area contributed by atoms with Crippen molar-refractivity contribution in [2.75, 3.05) is 0 Å². The van der Waals surface area contributed by atoms with Gasteiger partial charge in [-0.05, 0) is 49.6 Å². The fourth-order valence-electron chi connectivity index (χ4n) is 1.79. The van der Waals surface area contributed by atoms with Gasteiger partial charge in [-0.1, -0.05) is 13.8 Å². The van der Waals surface area contributed by atoms with E-state index in [4.69, 9.17) is 4.74 Å². The summed E-state index contributed by atoms with van der Waals surface area (Å²) in [5.41, 5.74) is 2.28. The van der Waals surface area contributed by atoms with Crippen molar-refractivity contribution in [3.8, 4) is 5.75 Å². The summed E-state index contributed by atoms with van der Waals surface area (Å²) in [5.74, 6) is 1.41. The predicted octanol–water partition coefficient (Wildman–Crippen LogP) is 4.15. The number of ether oxygens (including phenoxy) is 1. The van der Waals surface area contributed by atoms with E-state index < -0.39 is 0 Å². The Morgan fingerprint density at radius 1 is 1.06 bits per heavy atom. The molecule has 0 saturated carbocycles. The van der Waals surface area contributed by atoms with Crippen molar-refractivity contribution in [3.05, 3.63) is 36.0 Å². The topological polar surface area (TPSA) is 22.1 Å². The Labute approximate surface area is 103 Å². The molecule has 0 fully saturated rings. The molecular formula is C15H19NO. The Kier molecular flexibility index (Phi) is 3.32. The summed E-state index contributed by atoms with van der Waals surface area (Å²) in [6.07, 6.45) is 2.16. The van der Waals surface area contributed by atoms with Crippen molar-refractivity contribution < 1.29 is 4.74 Å².